The molecule has 0 aromatic heterocycles. The van der Waals surface area contributed by atoms with Crippen LogP contribution in [0.3, 0.4) is 0 Å². The van der Waals surface area contributed by atoms with Crippen LogP contribution in [0.5, 0.6) is 0 Å². The second kappa shape index (κ2) is 10.9. The van der Waals surface area contributed by atoms with Crippen LogP contribution < -0.4 is 14.5 Å². The highest BCUT2D eigenvalue weighted by Gasteiger charge is 2.18. The molecule has 0 atom stereocenters. The van der Waals surface area contributed by atoms with Gasteiger partial charge < -0.3 is 10.2 Å². The molecule has 0 bridgehead atoms. The normalized spacial score (nSPS) is 11.1. The summed E-state index contributed by atoms with van der Waals surface area (Å²) < 4.78 is 25.7. The molecule has 0 saturated heterocycles. The van der Waals surface area contributed by atoms with Crippen LogP contribution in [-0.2, 0) is 14.8 Å². The number of nitrogens with one attached hydrogen (secondary N) is 1. The quantitative estimate of drug-likeness (QED) is 0.570. The summed E-state index contributed by atoms with van der Waals surface area (Å²) in [6.45, 7) is 3.61. The lowest BCUT2D eigenvalue weighted by Crippen LogP contribution is -2.33. The van der Waals surface area contributed by atoms with Crippen LogP contribution in [0.2, 0.25) is 0 Å². The Kier molecular flexibility index (Phi) is 8.51. The molecule has 1 amide bonds. The lowest BCUT2D eigenvalue weighted by molar-refractivity contribution is -0.121. The predicted octanol–water partition coefficient (Wildman–Crippen LogP) is 3.18. The maximum absolute atomic E-state index is 12.2. The molecule has 0 unspecified atom stereocenters. The fraction of sp³-hybridized carbons (Fsp3) is 0.409. The molecule has 0 fully saturated rings. The summed E-state index contributed by atoms with van der Waals surface area (Å²) in [5, 5.41) is 2.92. The number of anilines is 2. The number of para-hydroxylation sites is 2. The Labute approximate surface area is 174 Å². The van der Waals surface area contributed by atoms with E-state index in [0.717, 1.165) is 24.2 Å². The van der Waals surface area contributed by atoms with Gasteiger partial charge in [0.2, 0.25) is 15.9 Å². The molecule has 0 heterocycles. The molecule has 0 aliphatic rings. The Morgan fingerprint density at radius 2 is 1.62 bits per heavy atom. The molecule has 0 spiro atoms. The standard InChI is InChI=1S/C22H31N3O3S/c1-19-11-7-8-14-21(19)25(29(3,27)28)18-9-15-22(26)23-16-10-17-24(2)20-12-5-4-6-13-20/h4-8,11-14H,9-10,15-18H2,1-3H3,(H,23,26). The van der Waals surface area contributed by atoms with Gasteiger partial charge >= 0.3 is 0 Å². The number of hydrogen-bond acceptors (Lipinski definition) is 4. The molecule has 2 aromatic carbocycles. The first-order valence-electron chi connectivity index (χ1n) is 9.85. The van der Waals surface area contributed by atoms with E-state index in [1.54, 1.807) is 6.07 Å². The van der Waals surface area contributed by atoms with E-state index in [-0.39, 0.29) is 12.5 Å². The van der Waals surface area contributed by atoms with E-state index in [9.17, 15) is 13.2 Å². The third kappa shape index (κ3) is 7.42. The summed E-state index contributed by atoms with van der Waals surface area (Å²) in [6, 6.07) is 17.5. The monoisotopic (exact) mass is 417 g/mol. The first kappa shape index (κ1) is 22.7. The van der Waals surface area contributed by atoms with Crippen molar-refractivity contribution >= 4 is 27.3 Å². The van der Waals surface area contributed by atoms with Crippen LogP contribution in [0, 0.1) is 6.92 Å². The maximum atomic E-state index is 12.2. The van der Waals surface area contributed by atoms with Crippen molar-refractivity contribution in [3.05, 3.63) is 60.2 Å². The minimum absolute atomic E-state index is 0.0504. The van der Waals surface area contributed by atoms with Gasteiger partial charge in [-0.3, -0.25) is 9.10 Å². The van der Waals surface area contributed by atoms with Crippen molar-refractivity contribution < 1.29 is 13.2 Å². The third-order valence-corrected chi connectivity index (χ3v) is 5.92. The van der Waals surface area contributed by atoms with Crippen molar-refractivity contribution in [2.24, 2.45) is 0 Å². The highest BCUT2D eigenvalue weighted by molar-refractivity contribution is 7.92. The minimum atomic E-state index is -3.40. The molecule has 158 valence electrons. The first-order valence-corrected chi connectivity index (χ1v) is 11.7. The molecule has 0 aliphatic heterocycles. The van der Waals surface area contributed by atoms with Crippen molar-refractivity contribution in [3.63, 3.8) is 0 Å². The molecule has 7 heteroatoms. The zero-order valence-electron chi connectivity index (χ0n) is 17.5. The SMILES string of the molecule is Cc1ccccc1N(CCCC(=O)NCCCN(C)c1ccccc1)S(C)(=O)=O. The Balaban J connectivity index is 1.73. The van der Waals surface area contributed by atoms with Crippen LogP contribution in [0.4, 0.5) is 11.4 Å². The molecule has 6 nitrogen and oxygen atoms in total. The van der Waals surface area contributed by atoms with E-state index in [1.165, 1.54) is 10.6 Å². The Hall–Kier alpha value is -2.54. The predicted molar refractivity (Wildman–Crippen MR) is 120 cm³/mol. The van der Waals surface area contributed by atoms with Gasteiger partial charge in [-0.15, -0.1) is 0 Å². The van der Waals surface area contributed by atoms with Crippen molar-refractivity contribution in [2.75, 3.05) is 42.1 Å². The maximum Gasteiger partial charge on any atom is 0.232 e. The van der Waals surface area contributed by atoms with E-state index in [0.29, 0.717) is 25.1 Å². The molecule has 0 aliphatic carbocycles. The molecule has 0 saturated carbocycles. The van der Waals surface area contributed by atoms with Gasteiger partial charge in [-0.05, 0) is 43.5 Å². The fourth-order valence-electron chi connectivity index (χ4n) is 3.14. The first-order chi connectivity index (χ1) is 13.8. The molecular weight excluding hydrogens is 386 g/mol. The summed E-state index contributed by atoms with van der Waals surface area (Å²) >= 11 is 0. The van der Waals surface area contributed by atoms with E-state index >= 15 is 0 Å². The topological polar surface area (TPSA) is 69.7 Å². The molecule has 0 radical (unpaired) electrons. The van der Waals surface area contributed by atoms with Crippen molar-refractivity contribution in [1.82, 2.24) is 5.32 Å². The van der Waals surface area contributed by atoms with Gasteiger partial charge in [0.25, 0.3) is 0 Å². The number of sulfonamides is 1. The Bertz CT molecular complexity index is 885. The number of hydrogen-bond donors (Lipinski definition) is 1. The third-order valence-electron chi connectivity index (χ3n) is 4.74. The molecule has 2 rings (SSSR count). The number of nitrogens with zero attached hydrogens (tertiary/aromatic N) is 2. The Morgan fingerprint density at radius 3 is 2.28 bits per heavy atom. The highest BCUT2D eigenvalue weighted by atomic mass is 32.2. The molecule has 1 N–H and O–H groups in total. The van der Waals surface area contributed by atoms with Crippen molar-refractivity contribution in [1.29, 1.82) is 0 Å². The lowest BCUT2D eigenvalue weighted by atomic mass is 10.2. The summed E-state index contributed by atoms with van der Waals surface area (Å²) in [4.78, 5) is 14.3. The number of rotatable bonds is 11. The van der Waals surface area contributed by atoms with Gasteiger partial charge in [-0.1, -0.05) is 36.4 Å². The molecule has 29 heavy (non-hydrogen) atoms. The van der Waals surface area contributed by atoms with E-state index < -0.39 is 10.0 Å². The van der Waals surface area contributed by atoms with Crippen molar-refractivity contribution in [3.8, 4) is 0 Å². The number of benzene rings is 2. The second-order valence-electron chi connectivity index (χ2n) is 7.19. The van der Waals surface area contributed by atoms with Crippen LogP contribution in [0.15, 0.2) is 54.6 Å². The molecular formula is C22H31N3O3S. The van der Waals surface area contributed by atoms with E-state index in [1.807, 2.05) is 50.4 Å². The lowest BCUT2D eigenvalue weighted by Gasteiger charge is -2.24. The van der Waals surface area contributed by atoms with Gasteiger partial charge in [-0.2, -0.15) is 0 Å². The zero-order chi connectivity index (χ0) is 21.3. The largest absolute Gasteiger partial charge is 0.375 e. The number of carbonyl (C=O) groups is 1. The minimum Gasteiger partial charge on any atom is -0.375 e. The van der Waals surface area contributed by atoms with Gasteiger partial charge in [0.05, 0.1) is 11.9 Å². The Morgan fingerprint density at radius 1 is 0.966 bits per heavy atom. The second-order valence-corrected chi connectivity index (χ2v) is 9.09. The summed E-state index contributed by atoms with van der Waals surface area (Å²) in [7, 11) is -1.37. The molecule has 2 aromatic rings. The van der Waals surface area contributed by atoms with E-state index in [4.69, 9.17) is 0 Å². The van der Waals surface area contributed by atoms with Crippen LogP contribution in [-0.4, -0.2) is 47.3 Å². The van der Waals surface area contributed by atoms with Gasteiger partial charge in [0.1, 0.15) is 0 Å². The van der Waals surface area contributed by atoms with Crippen LogP contribution >= 0.6 is 0 Å². The van der Waals surface area contributed by atoms with Gasteiger partial charge in [0.15, 0.2) is 0 Å². The van der Waals surface area contributed by atoms with Crippen molar-refractivity contribution in [2.45, 2.75) is 26.2 Å². The highest BCUT2D eigenvalue weighted by Crippen LogP contribution is 2.22. The number of aryl methyl sites for hydroxylation is 1. The van der Waals surface area contributed by atoms with Crippen LogP contribution in [0.25, 0.3) is 0 Å². The van der Waals surface area contributed by atoms with Crippen LogP contribution in [0.1, 0.15) is 24.8 Å². The average molecular weight is 418 g/mol. The smallest absolute Gasteiger partial charge is 0.232 e. The fourth-order valence-corrected chi connectivity index (χ4v) is 4.16. The summed E-state index contributed by atoms with van der Waals surface area (Å²) in [6.07, 6.45) is 2.81. The summed E-state index contributed by atoms with van der Waals surface area (Å²) in [5.41, 5.74) is 2.71. The van der Waals surface area contributed by atoms with Gasteiger partial charge in [-0.25, -0.2) is 8.42 Å². The van der Waals surface area contributed by atoms with E-state index in [2.05, 4.69) is 22.3 Å². The summed E-state index contributed by atoms with van der Waals surface area (Å²) in [5.74, 6) is -0.0504. The number of amides is 1. The average Bonchev–Trinajstić information content (AvgIpc) is 2.69. The van der Waals surface area contributed by atoms with Gasteiger partial charge in [0, 0.05) is 38.8 Å². The zero-order valence-corrected chi connectivity index (χ0v) is 18.3. The number of carbonyl (C=O) groups excluding carboxylic acids is 1.